The predicted molar refractivity (Wildman–Crippen MR) is 92.1 cm³/mol. The van der Waals surface area contributed by atoms with Crippen molar-refractivity contribution in [2.75, 3.05) is 13.1 Å². The van der Waals surface area contributed by atoms with E-state index < -0.39 is 16.0 Å². The van der Waals surface area contributed by atoms with E-state index in [2.05, 4.69) is 5.10 Å². The van der Waals surface area contributed by atoms with Crippen LogP contribution in [-0.4, -0.2) is 46.7 Å². The van der Waals surface area contributed by atoms with Gasteiger partial charge in [0.2, 0.25) is 10.0 Å². The summed E-state index contributed by atoms with van der Waals surface area (Å²) in [5.41, 5.74) is 1.57. The summed E-state index contributed by atoms with van der Waals surface area (Å²) < 4.78 is 28.9. The van der Waals surface area contributed by atoms with E-state index in [4.69, 9.17) is 5.11 Å². The van der Waals surface area contributed by atoms with Gasteiger partial charge in [-0.2, -0.15) is 9.40 Å². The van der Waals surface area contributed by atoms with Crippen LogP contribution in [0.5, 0.6) is 0 Å². The van der Waals surface area contributed by atoms with Crippen molar-refractivity contribution in [2.24, 2.45) is 7.05 Å². The zero-order valence-electron chi connectivity index (χ0n) is 14.2. The lowest BCUT2D eigenvalue weighted by atomic mass is 9.91. The summed E-state index contributed by atoms with van der Waals surface area (Å²) in [6.07, 6.45) is 3.10. The van der Waals surface area contributed by atoms with Gasteiger partial charge in [-0.3, -0.25) is 4.68 Å². The van der Waals surface area contributed by atoms with E-state index in [1.54, 1.807) is 32.2 Å². The Labute approximate surface area is 146 Å². The molecule has 1 aromatic heterocycles. The standard InChI is InChI=1S/C17H21N3O4S/c1-12-16(11-19(2)18-12)25(23,24)20-8-4-7-15(10-20)13-5-3-6-14(9-13)17(21)22/h3,5-6,9,11,15H,4,7-8,10H2,1-2H3,(H,21,22). The molecule has 1 unspecified atom stereocenters. The minimum Gasteiger partial charge on any atom is -0.478 e. The summed E-state index contributed by atoms with van der Waals surface area (Å²) in [5.74, 6) is -0.993. The Hall–Kier alpha value is -2.19. The topological polar surface area (TPSA) is 92.5 Å². The second kappa shape index (κ2) is 6.61. The first-order valence-corrected chi connectivity index (χ1v) is 9.56. The van der Waals surface area contributed by atoms with Gasteiger partial charge in [0.05, 0.1) is 11.3 Å². The predicted octanol–water partition coefficient (Wildman–Crippen LogP) is 2.00. The van der Waals surface area contributed by atoms with Gasteiger partial charge in [-0.25, -0.2) is 13.2 Å². The minimum atomic E-state index is -3.61. The maximum absolute atomic E-state index is 13.0. The maximum Gasteiger partial charge on any atom is 0.335 e. The van der Waals surface area contributed by atoms with Crippen LogP contribution in [0.3, 0.4) is 0 Å². The van der Waals surface area contributed by atoms with E-state index >= 15 is 0 Å². The van der Waals surface area contributed by atoms with Crippen LogP contribution in [0.4, 0.5) is 0 Å². The quantitative estimate of drug-likeness (QED) is 0.897. The Balaban J connectivity index is 1.87. The molecule has 1 saturated heterocycles. The molecule has 7 nitrogen and oxygen atoms in total. The number of carboxylic acids is 1. The van der Waals surface area contributed by atoms with E-state index in [1.165, 1.54) is 15.2 Å². The van der Waals surface area contributed by atoms with Gasteiger partial charge in [0, 0.05) is 26.3 Å². The van der Waals surface area contributed by atoms with Crippen molar-refractivity contribution in [3.8, 4) is 0 Å². The fraction of sp³-hybridized carbons (Fsp3) is 0.412. The summed E-state index contributed by atoms with van der Waals surface area (Å²) in [6.45, 7) is 2.50. The molecule has 0 aliphatic carbocycles. The Morgan fingerprint density at radius 2 is 2.12 bits per heavy atom. The first-order chi connectivity index (χ1) is 11.8. The van der Waals surface area contributed by atoms with E-state index in [-0.39, 0.29) is 16.4 Å². The number of aromatic nitrogens is 2. The fourth-order valence-corrected chi connectivity index (χ4v) is 5.05. The van der Waals surface area contributed by atoms with Crippen LogP contribution in [0.1, 0.15) is 40.4 Å². The number of aryl methyl sites for hydroxylation is 2. The molecular weight excluding hydrogens is 342 g/mol. The highest BCUT2D eigenvalue weighted by Crippen LogP contribution is 2.31. The zero-order valence-corrected chi connectivity index (χ0v) is 15.0. The highest BCUT2D eigenvalue weighted by molar-refractivity contribution is 7.89. The first-order valence-electron chi connectivity index (χ1n) is 8.12. The number of piperidine rings is 1. The number of sulfonamides is 1. The molecule has 0 spiro atoms. The molecule has 1 fully saturated rings. The van der Waals surface area contributed by atoms with Crippen molar-refractivity contribution in [3.63, 3.8) is 0 Å². The summed E-state index contributed by atoms with van der Waals surface area (Å²) in [6, 6.07) is 6.75. The van der Waals surface area contributed by atoms with Crippen LogP contribution < -0.4 is 0 Å². The zero-order chi connectivity index (χ0) is 18.2. The molecule has 2 heterocycles. The van der Waals surface area contributed by atoms with E-state index in [9.17, 15) is 13.2 Å². The van der Waals surface area contributed by atoms with E-state index in [0.717, 1.165) is 18.4 Å². The monoisotopic (exact) mass is 363 g/mol. The lowest BCUT2D eigenvalue weighted by Crippen LogP contribution is -2.39. The van der Waals surface area contributed by atoms with Gasteiger partial charge in [0.1, 0.15) is 4.90 Å². The van der Waals surface area contributed by atoms with Gasteiger partial charge in [-0.05, 0) is 43.4 Å². The molecule has 0 saturated carbocycles. The van der Waals surface area contributed by atoms with Crippen LogP contribution in [0.15, 0.2) is 35.4 Å². The summed E-state index contributed by atoms with van der Waals surface area (Å²) in [5, 5.41) is 13.3. The Morgan fingerprint density at radius 1 is 1.36 bits per heavy atom. The third-order valence-corrected chi connectivity index (χ3v) is 6.54. The number of carboxylic acid groups (broad SMARTS) is 1. The molecule has 0 bridgehead atoms. The Bertz CT molecular complexity index is 904. The average Bonchev–Trinajstić information content (AvgIpc) is 2.94. The van der Waals surface area contributed by atoms with Gasteiger partial charge in [-0.15, -0.1) is 0 Å². The van der Waals surface area contributed by atoms with Gasteiger partial charge >= 0.3 is 5.97 Å². The number of benzene rings is 1. The second-order valence-electron chi connectivity index (χ2n) is 6.39. The van der Waals surface area contributed by atoms with Crippen molar-refractivity contribution in [2.45, 2.75) is 30.6 Å². The third-order valence-electron chi connectivity index (χ3n) is 4.58. The molecule has 3 rings (SSSR count). The van der Waals surface area contributed by atoms with Crippen LogP contribution in [0.25, 0.3) is 0 Å². The molecular formula is C17H21N3O4S. The smallest absolute Gasteiger partial charge is 0.335 e. The third kappa shape index (κ3) is 3.45. The number of nitrogens with zero attached hydrogens (tertiary/aromatic N) is 3. The SMILES string of the molecule is Cc1nn(C)cc1S(=O)(=O)N1CCCC(c2cccc(C(=O)O)c2)C1. The number of hydrogen-bond acceptors (Lipinski definition) is 4. The van der Waals surface area contributed by atoms with Crippen LogP contribution in [0, 0.1) is 6.92 Å². The number of aromatic carboxylic acids is 1. The molecule has 2 aromatic rings. The minimum absolute atomic E-state index is 0.0141. The molecule has 25 heavy (non-hydrogen) atoms. The summed E-state index contributed by atoms with van der Waals surface area (Å²) in [4.78, 5) is 11.4. The lowest BCUT2D eigenvalue weighted by molar-refractivity contribution is 0.0696. The van der Waals surface area contributed by atoms with Crippen molar-refractivity contribution >= 4 is 16.0 Å². The number of rotatable bonds is 4. The largest absolute Gasteiger partial charge is 0.478 e. The van der Waals surface area contributed by atoms with Crippen LogP contribution in [-0.2, 0) is 17.1 Å². The Kier molecular flexibility index (Phi) is 4.66. The van der Waals surface area contributed by atoms with Crippen LogP contribution in [0.2, 0.25) is 0 Å². The van der Waals surface area contributed by atoms with Gasteiger partial charge < -0.3 is 5.11 Å². The van der Waals surface area contributed by atoms with Crippen molar-refractivity contribution in [3.05, 3.63) is 47.3 Å². The molecule has 1 atom stereocenters. The molecule has 1 N–H and O–H groups in total. The average molecular weight is 363 g/mol. The van der Waals surface area contributed by atoms with Crippen LogP contribution >= 0.6 is 0 Å². The molecule has 0 radical (unpaired) electrons. The summed E-state index contributed by atoms with van der Waals surface area (Å²) in [7, 11) is -1.91. The molecule has 8 heteroatoms. The molecule has 1 aromatic carbocycles. The normalized spacial score (nSPS) is 19.0. The second-order valence-corrected chi connectivity index (χ2v) is 8.29. The Morgan fingerprint density at radius 3 is 2.76 bits per heavy atom. The highest BCUT2D eigenvalue weighted by atomic mass is 32.2. The highest BCUT2D eigenvalue weighted by Gasteiger charge is 2.33. The van der Waals surface area contributed by atoms with E-state index in [0.29, 0.717) is 18.8 Å². The molecule has 134 valence electrons. The van der Waals surface area contributed by atoms with E-state index in [1.807, 2.05) is 6.07 Å². The van der Waals surface area contributed by atoms with Gasteiger partial charge in [0.25, 0.3) is 0 Å². The van der Waals surface area contributed by atoms with Gasteiger partial charge in [0.15, 0.2) is 0 Å². The van der Waals surface area contributed by atoms with Crippen molar-refractivity contribution in [1.29, 1.82) is 0 Å². The molecule has 1 aliphatic heterocycles. The number of carbonyl (C=O) groups is 1. The molecule has 0 amide bonds. The lowest BCUT2D eigenvalue weighted by Gasteiger charge is -2.32. The molecule has 1 aliphatic rings. The first kappa shape index (κ1) is 17.6. The number of hydrogen-bond donors (Lipinski definition) is 1. The maximum atomic E-state index is 13.0. The summed E-state index contributed by atoms with van der Waals surface area (Å²) >= 11 is 0. The fourth-order valence-electron chi connectivity index (χ4n) is 3.33. The van der Waals surface area contributed by atoms with Gasteiger partial charge in [-0.1, -0.05) is 12.1 Å². The van der Waals surface area contributed by atoms with Crippen molar-refractivity contribution < 1.29 is 18.3 Å². The van der Waals surface area contributed by atoms with Crippen molar-refractivity contribution in [1.82, 2.24) is 14.1 Å².